The number of benzene rings is 2. The summed E-state index contributed by atoms with van der Waals surface area (Å²) in [5, 5.41) is 12.7. The zero-order valence-corrected chi connectivity index (χ0v) is 11.5. The maximum absolute atomic E-state index is 9.01. The first-order chi connectivity index (χ1) is 9.69. The summed E-state index contributed by atoms with van der Waals surface area (Å²) in [7, 11) is 0. The van der Waals surface area contributed by atoms with E-state index in [9.17, 15) is 0 Å². The van der Waals surface area contributed by atoms with Gasteiger partial charge in [0.15, 0.2) is 0 Å². The fraction of sp³-hybridized carbons (Fsp3) is 0.133. The molecule has 2 aromatic carbocycles. The second kappa shape index (κ2) is 6.69. The first-order valence-electron chi connectivity index (χ1n) is 6.11. The predicted molar refractivity (Wildman–Crippen MR) is 81.0 cm³/mol. The van der Waals surface area contributed by atoms with Gasteiger partial charge in [-0.15, -0.1) is 0 Å². The van der Waals surface area contributed by atoms with Crippen LogP contribution >= 0.6 is 11.6 Å². The van der Waals surface area contributed by atoms with E-state index in [0.29, 0.717) is 29.4 Å². The van der Waals surface area contributed by atoms with Crippen molar-refractivity contribution in [3.63, 3.8) is 0 Å². The van der Waals surface area contributed by atoms with Crippen LogP contribution in [0.1, 0.15) is 5.56 Å². The van der Waals surface area contributed by atoms with E-state index in [0.717, 1.165) is 11.4 Å². The Morgan fingerprint density at radius 1 is 1.25 bits per heavy atom. The number of halogens is 1. The lowest BCUT2D eigenvalue weighted by atomic mass is 10.2. The molecule has 0 unspecified atom stereocenters. The van der Waals surface area contributed by atoms with Gasteiger partial charge in [0.25, 0.3) is 0 Å². The van der Waals surface area contributed by atoms with Crippen LogP contribution in [0.25, 0.3) is 0 Å². The van der Waals surface area contributed by atoms with Crippen LogP contribution < -0.4 is 15.8 Å². The molecule has 0 aromatic heterocycles. The van der Waals surface area contributed by atoms with Gasteiger partial charge in [-0.3, -0.25) is 0 Å². The summed E-state index contributed by atoms with van der Waals surface area (Å²) in [5.74, 6) is 0.725. The van der Waals surface area contributed by atoms with E-state index in [2.05, 4.69) is 11.4 Å². The highest BCUT2D eigenvalue weighted by Gasteiger charge is 2.02. The van der Waals surface area contributed by atoms with Crippen molar-refractivity contribution in [2.24, 2.45) is 0 Å². The van der Waals surface area contributed by atoms with E-state index in [4.69, 9.17) is 27.3 Å². The highest BCUT2D eigenvalue weighted by atomic mass is 35.5. The molecular weight excluding hydrogens is 274 g/mol. The van der Waals surface area contributed by atoms with Gasteiger partial charge in [0.1, 0.15) is 18.4 Å². The van der Waals surface area contributed by atoms with Gasteiger partial charge >= 0.3 is 0 Å². The first kappa shape index (κ1) is 14.0. The number of hydrogen-bond acceptors (Lipinski definition) is 4. The summed E-state index contributed by atoms with van der Waals surface area (Å²) < 4.78 is 5.55. The summed E-state index contributed by atoms with van der Waals surface area (Å²) >= 11 is 5.84. The maximum Gasteiger partial charge on any atom is 0.121 e. The second-order valence-corrected chi connectivity index (χ2v) is 4.59. The van der Waals surface area contributed by atoms with E-state index in [1.54, 1.807) is 30.3 Å². The van der Waals surface area contributed by atoms with Crippen molar-refractivity contribution in [3.05, 3.63) is 53.1 Å². The Hall–Kier alpha value is -2.38. The van der Waals surface area contributed by atoms with E-state index in [1.165, 1.54) is 0 Å². The number of rotatable bonds is 5. The Labute approximate surface area is 122 Å². The number of hydrogen-bond donors (Lipinski definition) is 2. The van der Waals surface area contributed by atoms with Crippen molar-refractivity contribution in [1.29, 1.82) is 5.26 Å². The van der Waals surface area contributed by atoms with E-state index >= 15 is 0 Å². The van der Waals surface area contributed by atoms with Gasteiger partial charge < -0.3 is 15.8 Å². The average molecular weight is 288 g/mol. The maximum atomic E-state index is 9.01. The lowest BCUT2D eigenvalue weighted by molar-refractivity contribution is 0.333. The zero-order chi connectivity index (χ0) is 14.4. The Morgan fingerprint density at radius 3 is 2.85 bits per heavy atom. The molecular formula is C15H14ClN3O. The topological polar surface area (TPSA) is 71.1 Å². The minimum atomic E-state index is 0.469. The Morgan fingerprint density at radius 2 is 2.10 bits per heavy atom. The van der Waals surface area contributed by atoms with Gasteiger partial charge in [-0.2, -0.15) is 5.26 Å². The number of nitrogens with one attached hydrogen (secondary N) is 1. The molecule has 0 fully saturated rings. The molecule has 0 saturated carbocycles. The fourth-order valence-corrected chi connectivity index (χ4v) is 1.89. The van der Waals surface area contributed by atoms with Crippen LogP contribution in [0, 0.1) is 11.3 Å². The molecule has 0 spiro atoms. The van der Waals surface area contributed by atoms with Crippen molar-refractivity contribution >= 4 is 23.0 Å². The molecule has 2 rings (SSSR count). The van der Waals surface area contributed by atoms with Crippen LogP contribution in [0.4, 0.5) is 11.4 Å². The van der Waals surface area contributed by atoms with Gasteiger partial charge in [-0.25, -0.2) is 0 Å². The van der Waals surface area contributed by atoms with E-state index < -0.39 is 0 Å². The Kier molecular flexibility index (Phi) is 4.70. The molecule has 3 N–H and O–H groups in total. The summed E-state index contributed by atoms with van der Waals surface area (Å²) in [6.07, 6.45) is 0. The largest absolute Gasteiger partial charge is 0.492 e. The van der Waals surface area contributed by atoms with Crippen molar-refractivity contribution in [3.8, 4) is 11.8 Å². The lowest BCUT2D eigenvalue weighted by Crippen LogP contribution is -2.12. The highest BCUT2D eigenvalue weighted by Crippen LogP contribution is 2.19. The third kappa shape index (κ3) is 3.81. The number of nitrogens with zero attached hydrogens (tertiary/aromatic N) is 1. The highest BCUT2D eigenvalue weighted by molar-refractivity contribution is 6.30. The van der Waals surface area contributed by atoms with Crippen LogP contribution in [0.3, 0.4) is 0 Å². The van der Waals surface area contributed by atoms with Gasteiger partial charge in [-0.1, -0.05) is 17.7 Å². The van der Waals surface area contributed by atoms with Crippen LogP contribution in [-0.2, 0) is 0 Å². The molecule has 2 aromatic rings. The number of nitrogens with two attached hydrogens (primary N) is 1. The number of nitriles is 1. The normalized spacial score (nSPS) is 9.80. The third-order valence-electron chi connectivity index (χ3n) is 2.65. The van der Waals surface area contributed by atoms with Gasteiger partial charge in [0.2, 0.25) is 0 Å². The molecule has 0 heterocycles. The van der Waals surface area contributed by atoms with Crippen molar-refractivity contribution in [2.45, 2.75) is 0 Å². The molecule has 0 atom stereocenters. The molecule has 0 bridgehead atoms. The Balaban J connectivity index is 1.86. The smallest absolute Gasteiger partial charge is 0.121 e. The van der Waals surface area contributed by atoms with Crippen molar-refractivity contribution in [2.75, 3.05) is 24.2 Å². The SMILES string of the molecule is N#Cc1cc(Cl)ccc1NCCOc1cccc(N)c1. The molecule has 0 aliphatic heterocycles. The molecule has 0 saturated heterocycles. The zero-order valence-electron chi connectivity index (χ0n) is 10.8. The standard InChI is InChI=1S/C15H14ClN3O/c16-12-4-5-15(11(8-12)10-17)19-6-7-20-14-3-1-2-13(18)9-14/h1-5,8-9,19H,6-7,18H2. The summed E-state index contributed by atoms with van der Waals surface area (Å²) in [4.78, 5) is 0. The predicted octanol–water partition coefficient (Wildman–Crippen LogP) is 3.28. The number of anilines is 2. The molecule has 0 radical (unpaired) electrons. The third-order valence-corrected chi connectivity index (χ3v) is 2.88. The quantitative estimate of drug-likeness (QED) is 0.654. The van der Waals surface area contributed by atoms with Crippen LogP contribution in [-0.4, -0.2) is 13.2 Å². The molecule has 0 aliphatic rings. The minimum absolute atomic E-state index is 0.469. The first-order valence-corrected chi connectivity index (χ1v) is 6.48. The summed E-state index contributed by atoms with van der Waals surface area (Å²) in [6.45, 7) is 1.04. The Bertz CT molecular complexity index is 637. The fourth-order valence-electron chi connectivity index (χ4n) is 1.72. The molecule has 0 aliphatic carbocycles. The monoisotopic (exact) mass is 287 g/mol. The molecule has 4 nitrogen and oxygen atoms in total. The minimum Gasteiger partial charge on any atom is -0.492 e. The summed E-state index contributed by atoms with van der Waals surface area (Å²) in [6, 6.07) is 14.5. The summed E-state index contributed by atoms with van der Waals surface area (Å²) in [5.41, 5.74) is 7.59. The van der Waals surface area contributed by atoms with E-state index in [1.807, 2.05) is 12.1 Å². The van der Waals surface area contributed by atoms with Gasteiger partial charge in [0, 0.05) is 23.3 Å². The van der Waals surface area contributed by atoms with Crippen LogP contribution in [0.15, 0.2) is 42.5 Å². The average Bonchev–Trinajstić information content (AvgIpc) is 2.45. The van der Waals surface area contributed by atoms with E-state index in [-0.39, 0.29) is 0 Å². The van der Waals surface area contributed by atoms with Crippen LogP contribution in [0.5, 0.6) is 5.75 Å². The van der Waals surface area contributed by atoms with Crippen molar-refractivity contribution < 1.29 is 4.74 Å². The second-order valence-electron chi connectivity index (χ2n) is 4.15. The lowest BCUT2D eigenvalue weighted by Gasteiger charge is -2.10. The van der Waals surface area contributed by atoms with Crippen LogP contribution in [0.2, 0.25) is 5.02 Å². The van der Waals surface area contributed by atoms with Crippen molar-refractivity contribution in [1.82, 2.24) is 0 Å². The molecule has 102 valence electrons. The van der Waals surface area contributed by atoms with Gasteiger partial charge in [0.05, 0.1) is 11.3 Å². The molecule has 20 heavy (non-hydrogen) atoms. The van der Waals surface area contributed by atoms with Gasteiger partial charge in [-0.05, 0) is 30.3 Å². The number of ether oxygens (including phenoxy) is 1. The number of nitrogen functional groups attached to an aromatic ring is 1. The molecule has 5 heteroatoms. The molecule has 0 amide bonds.